The topological polar surface area (TPSA) is 122 Å². The number of methoxy groups -OCH3 is 1. The molecule has 0 fully saturated rings. The zero-order valence-electron chi connectivity index (χ0n) is 20.7. The fourth-order valence-corrected chi connectivity index (χ4v) is 6.31. The zero-order chi connectivity index (χ0) is 27.4. The van der Waals surface area contributed by atoms with E-state index in [0.29, 0.717) is 5.02 Å². The average Bonchev–Trinajstić information content (AvgIpc) is 2.82. The van der Waals surface area contributed by atoms with Crippen molar-refractivity contribution in [1.82, 2.24) is 4.72 Å². The minimum atomic E-state index is -4.16. The van der Waals surface area contributed by atoms with E-state index in [-0.39, 0.29) is 33.0 Å². The van der Waals surface area contributed by atoms with Crippen molar-refractivity contribution in [2.45, 2.75) is 36.6 Å². The van der Waals surface area contributed by atoms with E-state index in [4.69, 9.17) is 16.3 Å². The van der Waals surface area contributed by atoms with Crippen molar-refractivity contribution in [2.75, 3.05) is 23.3 Å². The van der Waals surface area contributed by atoms with Gasteiger partial charge in [-0.3, -0.25) is 9.10 Å². The van der Waals surface area contributed by atoms with E-state index in [1.54, 1.807) is 38.1 Å². The minimum absolute atomic E-state index is 0.00342. The number of sulfonamides is 2. The summed E-state index contributed by atoms with van der Waals surface area (Å²) in [4.78, 5) is 13.1. The SMILES string of the molecule is COc1ccc(S(=O)(=O)NC(C)C)cc1NC(=O)CN(c1cccc(Cl)c1)S(=O)(=O)c1ccc(C)cc1. The van der Waals surface area contributed by atoms with E-state index < -0.39 is 32.5 Å². The van der Waals surface area contributed by atoms with Gasteiger partial charge >= 0.3 is 0 Å². The Morgan fingerprint density at radius 2 is 1.62 bits per heavy atom. The molecule has 3 rings (SSSR count). The van der Waals surface area contributed by atoms with Gasteiger partial charge in [-0.15, -0.1) is 0 Å². The normalized spacial score (nSPS) is 11.8. The number of carbonyl (C=O) groups excluding carboxylic acids is 1. The molecule has 0 aliphatic carbocycles. The highest BCUT2D eigenvalue weighted by Crippen LogP contribution is 2.29. The molecule has 0 radical (unpaired) electrons. The van der Waals surface area contributed by atoms with Crippen LogP contribution in [0.3, 0.4) is 0 Å². The lowest BCUT2D eigenvalue weighted by Crippen LogP contribution is -2.38. The molecule has 0 bridgehead atoms. The summed E-state index contributed by atoms with van der Waals surface area (Å²) in [6.07, 6.45) is 0. The molecule has 12 heteroatoms. The highest BCUT2D eigenvalue weighted by atomic mass is 35.5. The average molecular weight is 566 g/mol. The fourth-order valence-electron chi connectivity index (χ4n) is 3.43. The van der Waals surface area contributed by atoms with Crippen LogP contribution < -0.4 is 19.1 Å². The summed E-state index contributed by atoms with van der Waals surface area (Å²) in [6, 6.07) is 16.0. The van der Waals surface area contributed by atoms with Gasteiger partial charge in [0.1, 0.15) is 12.3 Å². The number of nitrogens with zero attached hydrogens (tertiary/aromatic N) is 1. The van der Waals surface area contributed by atoms with Crippen LogP contribution in [0.1, 0.15) is 19.4 Å². The number of ether oxygens (including phenoxy) is 1. The van der Waals surface area contributed by atoms with Crippen LogP contribution in [-0.4, -0.2) is 42.4 Å². The molecule has 0 saturated heterocycles. The van der Waals surface area contributed by atoms with Crippen LogP contribution in [0.2, 0.25) is 5.02 Å². The second kappa shape index (κ2) is 11.5. The maximum absolute atomic E-state index is 13.5. The molecule has 0 saturated carbocycles. The Morgan fingerprint density at radius 3 is 2.22 bits per heavy atom. The van der Waals surface area contributed by atoms with E-state index >= 15 is 0 Å². The van der Waals surface area contributed by atoms with Crippen molar-refractivity contribution in [3.63, 3.8) is 0 Å². The van der Waals surface area contributed by atoms with Gasteiger partial charge in [-0.2, -0.15) is 0 Å². The second-order valence-corrected chi connectivity index (χ2v) is 12.5. The number of benzene rings is 3. The maximum Gasteiger partial charge on any atom is 0.264 e. The first-order valence-corrected chi connectivity index (χ1v) is 14.5. The van der Waals surface area contributed by atoms with Gasteiger partial charge in [-0.25, -0.2) is 21.6 Å². The predicted molar refractivity (Wildman–Crippen MR) is 144 cm³/mol. The summed E-state index contributed by atoms with van der Waals surface area (Å²) in [5.74, 6) is -0.520. The molecule has 0 atom stereocenters. The lowest BCUT2D eigenvalue weighted by molar-refractivity contribution is -0.114. The number of hydrogen-bond acceptors (Lipinski definition) is 6. The van der Waals surface area contributed by atoms with Gasteiger partial charge in [0.15, 0.2) is 0 Å². The monoisotopic (exact) mass is 565 g/mol. The number of hydrogen-bond donors (Lipinski definition) is 2. The predicted octanol–water partition coefficient (Wildman–Crippen LogP) is 4.18. The summed E-state index contributed by atoms with van der Waals surface area (Å²) in [5.41, 5.74) is 1.13. The molecule has 0 aromatic heterocycles. The van der Waals surface area contributed by atoms with Crippen LogP contribution in [0.25, 0.3) is 0 Å². The Morgan fingerprint density at radius 1 is 0.973 bits per heavy atom. The van der Waals surface area contributed by atoms with Crippen molar-refractivity contribution < 1.29 is 26.4 Å². The third-order valence-corrected chi connectivity index (χ3v) is 8.82. The van der Waals surface area contributed by atoms with Crippen molar-refractivity contribution in [1.29, 1.82) is 0 Å². The van der Waals surface area contributed by atoms with E-state index in [1.165, 1.54) is 49.6 Å². The summed E-state index contributed by atoms with van der Waals surface area (Å²) >= 11 is 6.11. The third-order valence-electron chi connectivity index (χ3n) is 5.14. The third kappa shape index (κ3) is 7.01. The first-order chi connectivity index (χ1) is 17.3. The van der Waals surface area contributed by atoms with Gasteiger partial charge in [-0.05, 0) is 69.3 Å². The summed E-state index contributed by atoms with van der Waals surface area (Å²) in [6.45, 7) is 4.59. The molecular weight excluding hydrogens is 538 g/mol. The van der Waals surface area contributed by atoms with Crippen LogP contribution >= 0.6 is 11.6 Å². The lowest BCUT2D eigenvalue weighted by Gasteiger charge is -2.24. The van der Waals surface area contributed by atoms with E-state index in [0.717, 1.165) is 9.87 Å². The Labute approximate surface area is 222 Å². The molecule has 37 heavy (non-hydrogen) atoms. The molecule has 9 nitrogen and oxygen atoms in total. The minimum Gasteiger partial charge on any atom is -0.495 e. The number of carbonyl (C=O) groups is 1. The van der Waals surface area contributed by atoms with Crippen LogP contribution in [0.5, 0.6) is 5.75 Å². The van der Waals surface area contributed by atoms with Crippen molar-refractivity contribution >= 4 is 48.9 Å². The number of aryl methyl sites for hydroxylation is 1. The largest absolute Gasteiger partial charge is 0.495 e. The van der Waals surface area contributed by atoms with Gasteiger partial charge in [0.2, 0.25) is 15.9 Å². The van der Waals surface area contributed by atoms with Crippen LogP contribution in [-0.2, 0) is 24.8 Å². The molecule has 0 heterocycles. The van der Waals surface area contributed by atoms with E-state index in [2.05, 4.69) is 10.0 Å². The van der Waals surface area contributed by atoms with Crippen LogP contribution in [0.15, 0.2) is 76.5 Å². The summed E-state index contributed by atoms with van der Waals surface area (Å²) in [7, 11) is -6.65. The number of anilines is 2. The molecule has 0 aliphatic rings. The standard InChI is InChI=1S/C25H28ClN3O6S2/c1-17(2)28-36(31,32)22-12-13-24(35-4)23(15-22)27-25(30)16-29(20-7-5-6-19(26)14-20)37(33,34)21-10-8-18(3)9-11-21/h5-15,17,28H,16H2,1-4H3,(H,27,30). The van der Waals surface area contributed by atoms with E-state index in [1.807, 2.05) is 6.92 Å². The highest BCUT2D eigenvalue weighted by molar-refractivity contribution is 7.92. The van der Waals surface area contributed by atoms with Crippen molar-refractivity contribution in [3.05, 3.63) is 77.3 Å². The Kier molecular flexibility index (Phi) is 8.85. The molecule has 3 aromatic carbocycles. The highest BCUT2D eigenvalue weighted by Gasteiger charge is 2.28. The zero-order valence-corrected chi connectivity index (χ0v) is 23.1. The number of rotatable bonds is 10. The molecule has 0 aliphatic heterocycles. The fraction of sp³-hybridized carbons (Fsp3) is 0.240. The van der Waals surface area contributed by atoms with Crippen LogP contribution in [0, 0.1) is 6.92 Å². The smallest absolute Gasteiger partial charge is 0.264 e. The van der Waals surface area contributed by atoms with Gasteiger partial charge in [0.25, 0.3) is 10.0 Å². The molecule has 198 valence electrons. The Balaban J connectivity index is 1.98. The Hall–Kier alpha value is -3.12. The number of amides is 1. The van der Waals surface area contributed by atoms with Gasteiger partial charge < -0.3 is 10.1 Å². The molecule has 2 N–H and O–H groups in total. The summed E-state index contributed by atoms with van der Waals surface area (Å²) in [5, 5.41) is 2.87. The quantitative estimate of drug-likeness (QED) is 0.380. The molecular formula is C25H28ClN3O6S2. The van der Waals surface area contributed by atoms with Crippen LogP contribution in [0.4, 0.5) is 11.4 Å². The Bertz CT molecular complexity index is 1490. The van der Waals surface area contributed by atoms with Gasteiger partial charge in [0, 0.05) is 11.1 Å². The summed E-state index contributed by atoms with van der Waals surface area (Å²) < 4.78 is 61.0. The van der Waals surface area contributed by atoms with Gasteiger partial charge in [0.05, 0.1) is 28.3 Å². The van der Waals surface area contributed by atoms with E-state index in [9.17, 15) is 21.6 Å². The number of halogens is 1. The molecule has 1 amide bonds. The first kappa shape index (κ1) is 28.5. The van der Waals surface area contributed by atoms with Gasteiger partial charge in [-0.1, -0.05) is 35.4 Å². The van der Waals surface area contributed by atoms with Crippen molar-refractivity contribution in [3.8, 4) is 5.75 Å². The van der Waals surface area contributed by atoms with Crippen molar-refractivity contribution in [2.24, 2.45) is 0 Å². The molecule has 3 aromatic rings. The maximum atomic E-state index is 13.5. The second-order valence-electron chi connectivity index (χ2n) is 8.49. The molecule has 0 spiro atoms. The lowest BCUT2D eigenvalue weighted by atomic mass is 10.2. The first-order valence-electron chi connectivity index (χ1n) is 11.2. The number of nitrogens with one attached hydrogen (secondary N) is 2. The molecule has 0 unspecified atom stereocenters.